The predicted octanol–water partition coefficient (Wildman–Crippen LogP) is 2.46. The summed E-state index contributed by atoms with van der Waals surface area (Å²) in [5.74, 6) is 1.78. The number of anilines is 1. The van der Waals surface area contributed by atoms with Gasteiger partial charge in [-0.05, 0) is 12.1 Å². The molecule has 1 atom stereocenters. The van der Waals surface area contributed by atoms with Gasteiger partial charge in [0, 0.05) is 23.5 Å². The first-order chi connectivity index (χ1) is 11.5. The Labute approximate surface area is 144 Å². The van der Waals surface area contributed by atoms with Crippen LogP contribution in [0.1, 0.15) is 37.7 Å². The van der Waals surface area contributed by atoms with Crippen LogP contribution in [0.3, 0.4) is 0 Å². The number of hydrogen-bond acceptors (Lipinski definition) is 7. The molecule has 3 aromatic rings. The summed E-state index contributed by atoms with van der Waals surface area (Å²) < 4.78 is 7.72. The SMILES string of the molecule is CC(C)(C)c1nnc2ccc(N3CCO[C@@H](c4nccs4)C3)nn12. The molecule has 1 aliphatic heterocycles. The molecule has 0 N–H and O–H groups in total. The molecule has 0 bridgehead atoms. The quantitative estimate of drug-likeness (QED) is 0.711. The predicted molar refractivity (Wildman–Crippen MR) is 92.5 cm³/mol. The number of nitrogens with zero attached hydrogens (tertiary/aromatic N) is 6. The number of thiazole rings is 1. The Morgan fingerprint density at radius 1 is 1.25 bits per heavy atom. The van der Waals surface area contributed by atoms with Crippen molar-refractivity contribution in [2.45, 2.75) is 32.3 Å². The van der Waals surface area contributed by atoms with E-state index in [1.807, 2.05) is 28.2 Å². The average Bonchev–Trinajstić information content (AvgIpc) is 3.23. The molecule has 8 heteroatoms. The molecule has 1 saturated heterocycles. The minimum atomic E-state index is -0.112. The van der Waals surface area contributed by atoms with Gasteiger partial charge in [0.2, 0.25) is 0 Å². The van der Waals surface area contributed by atoms with Crippen molar-refractivity contribution in [3.63, 3.8) is 0 Å². The van der Waals surface area contributed by atoms with Crippen LogP contribution in [0.25, 0.3) is 5.65 Å². The molecular formula is C16H20N6OS. The highest BCUT2D eigenvalue weighted by atomic mass is 32.1. The average molecular weight is 344 g/mol. The van der Waals surface area contributed by atoms with Crippen molar-refractivity contribution in [1.29, 1.82) is 0 Å². The largest absolute Gasteiger partial charge is 0.367 e. The summed E-state index contributed by atoms with van der Waals surface area (Å²) in [5, 5.41) is 16.3. The van der Waals surface area contributed by atoms with Gasteiger partial charge in [-0.2, -0.15) is 4.52 Å². The lowest BCUT2D eigenvalue weighted by molar-refractivity contribution is 0.0393. The lowest BCUT2D eigenvalue weighted by atomic mass is 9.96. The second-order valence-corrected chi connectivity index (χ2v) is 7.84. The molecule has 0 saturated carbocycles. The number of fused-ring (bicyclic) bond motifs is 1. The maximum absolute atomic E-state index is 5.87. The molecule has 0 unspecified atom stereocenters. The van der Waals surface area contributed by atoms with E-state index in [2.05, 4.69) is 40.9 Å². The summed E-state index contributed by atoms with van der Waals surface area (Å²) in [6.45, 7) is 8.58. The van der Waals surface area contributed by atoms with Crippen LogP contribution in [0, 0.1) is 0 Å². The molecular weight excluding hydrogens is 324 g/mol. The van der Waals surface area contributed by atoms with Crippen molar-refractivity contribution in [2.75, 3.05) is 24.6 Å². The van der Waals surface area contributed by atoms with Crippen molar-refractivity contribution >= 4 is 22.8 Å². The zero-order chi connectivity index (χ0) is 16.7. The second kappa shape index (κ2) is 5.78. The molecule has 1 fully saturated rings. The van der Waals surface area contributed by atoms with Gasteiger partial charge in [-0.25, -0.2) is 4.98 Å². The fourth-order valence-corrected chi connectivity index (χ4v) is 3.49. The zero-order valence-corrected chi connectivity index (χ0v) is 14.8. The first kappa shape index (κ1) is 15.5. The van der Waals surface area contributed by atoms with Crippen molar-refractivity contribution in [2.24, 2.45) is 0 Å². The van der Waals surface area contributed by atoms with E-state index >= 15 is 0 Å². The molecule has 126 valence electrons. The van der Waals surface area contributed by atoms with Gasteiger partial charge in [0.25, 0.3) is 0 Å². The van der Waals surface area contributed by atoms with E-state index in [0.29, 0.717) is 6.61 Å². The Bertz CT molecular complexity index is 838. The van der Waals surface area contributed by atoms with Crippen LogP contribution < -0.4 is 4.90 Å². The summed E-state index contributed by atoms with van der Waals surface area (Å²) in [7, 11) is 0. The van der Waals surface area contributed by atoms with Gasteiger partial charge in [0.1, 0.15) is 16.9 Å². The van der Waals surface area contributed by atoms with Crippen molar-refractivity contribution in [3.8, 4) is 0 Å². The molecule has 0 radical (unpaired) electrons. The summed E-state index contributed by atoms with van der Waals surface area (Å²) in [5.41, 5.74) is 0.660. The minimum Gasteiger partial charge on any atom is -0.367 e. The first-order valence-electron chi connectivity index (χ1n) is 8.01. The smallest absolute Gasteiger partial charge is 0.178 e. The lowest BCUT2D eigenvalue weighted by Crippen LogP contribution is -2.39. The molecule has 4 rings (SSSR count). The van der Waals surface area contributed by atoms with Gasteiger partial charge >= 0.3 is 0 Å². The van der Waals surface area contributed by atoms with E-state index < -0.39 is 0 Å². The Kier molecular flexibility index (Phi) is 3.73. The van der Waals surface area contributed by atoms with Crippen LogP contribution >= 0.6 is 11.3 Å². The van der Waals surface area contributed by atoms with Crippen molar-refractivity contribution in [3.05, 3.63) is 34.5 Å². The zero-order valence-electron chi connectivity index (χ0n) is 14.0. The molecule has 3 aromatic heterocycles. The third kappa shape index (κ3) is 2.76. The topological polar surface area (TPSA) is 68.4 Å². The van der Waals surface area contributed by atoms with E-state index in [0.717, 1.165) is 35.4 Å². The fraction of sp³-hybridized carbons (Fsp3) is 0.500. The van der Waals surface area contributed by atoms with Gasteiger partial charge in [-0.15, -0.1) is 26.6 Å². The monoisotopic (exact) mass is 344 g/mol. The first-order valence-corrected chi connectivity index (χ1v) is 8.89. The summed E-state index contributed by atoms with van der Waals surface area (Å²) >= 11 is 1.63. The van der Waals surface area contributed by atoms with Crippen LogP contribution in [-0.4, -0.2) is 44.5 Å². The van der Waals surface area contributed by atoms with Gasteiger partial charge in [0.05, 0.1) is 13.2 Å². The third-order valence-corrected chi connectivity index (χ3v) is 4.90. The van der Waals surface area contributed by atoms with Crippen LogP contribution in [0.5, 0.6) is 0 Å². The van der Waals surface area contributed by atoms with Crippen molar-refractivity contribution < 1.29 is 4.74 Å². The van der Waals surface area contributed by atoms with Gasteiger partial charge in [-0.3, -0.25) is 0 Å². The maximum Gasteiger partial charge on any atom is 0.178 e. The number of aromatic nitrogens is 5. The van der Waals surface area contributed by atoms with Crippen LogP contribution in [0.2, 0.25) is 0 Å². The molecule has 0 spiro atoms. The van der Waals surface area contributed by atoms with E-state index in [1.165, 1.54) is 0 Å². The Balaban J connectivity index is 1.66. The Hall–Kier alpha value is -2.06. The molecule has 7 nitrogen and oxygen atoms in total. The fourth-order valence-electron chi connectivity index (χ4n) is 2.82. The second-order valence-electron chi connectivity index (χ2n) is 6.91. The number of rotatable bonds is 2. The highest BCUT2D eigenvalue weighted by Gasteiger charge is 2.26. The van der Waals surface area contributed by atoms with Gasteiger partial charge in [-0.1, -0.05) is 20.8 Å². The van der Waals surface area contributed by atoms with Crippen molar-refractivity contribution in [1.82, 2.24) is 24.8 Å². The highest BCUT2D eigenvalue weighted by molar-refractivity contribution is 7.09. The van der Waals surface area contributed by atoms with Gasteiger partial charge in [0.15, 0.2) is 11.5 Å². The normalized spacial score (nSPS) is 19.1. The summed E-state index contributed by atoms with van der Waals surface area (Å²) in [6, 6.07) is 3.97. The number of morpholine rings is 1. The van der Waals surface area contributed by atoms with E-state index in [4.69, 9.17) is 9.84 Å². The summed E-state index contributed by atoms with van der Waals surface area (Å²) in [4.78, 5) is 6.61. The van der Waals surface area contributed by atoms with Gasteiger partial charge < -0.3 is 9.64 Å². The molecule has 0 aliphatic carbocycles. The number of ether oxygens (including phenoxy) is 1. The minimum absolute atomic E-state index is 0.000698. The van der Waals surface area contributed by atoms with Crippen LogP contribution in [0.4, 0.5) is 5.82 Å². The maximum atomic E-state index is 5.87. The molecule has 4 heterocycles. The van der Waals surface area contributed by atoms with E-state index in [1.54, 1.807) is 11.3 Å². The third-order valence-electron chi connectivity index (χ3n) is 4.04. The molecule has 0 amide bonds. The Morgan fingerprint density at radius 3 is 2.88 bits per heavy atom. The number of hydrogen-bond donors (Lipinski definition) is 0. The van der Waals surface area contributed by atoms with E-state index in [-0.39, 0.29) is 11.5 Å². The molecule has 24 heavy (non-hydrogen) atoms. The highest BCUT2D eigenvalue weighted by Crippen LogP contribution is 2.27. The standard InChI is InChI=1S/C16H20N6OS/c1-16(2,3)15-19-18-12-4-5-13(20-22(12)15)21-7-8-23-11(10-21)14-17-6-9-24-14/h4-6,9,11H,7-8,10H2,1-3H3/t11-/m1/s1. The Morgan fingerprint density at radius 2 is 2.12 bits per heavy atom. The van der Waals surface area contributed by atoms with Crippen LogP contribution in [-0.2, 0) is 10.2 Å². The summed E-state index contributed by atoms with van der Waals surface area (Å²) in [6.07, 6.45) is 1.82. The molecule has 1 aliphatic rings. The van der Waals surface area contributed by atoms with Crippen LogP contribution in [0.15, 0.2) is 23.7 Å². The van der Waals surface area contributed by atoms with E-state index in [9.17, 15) is 0 Å². The molecule has 0 aromatic carbocycles. The lowest BCUT2D eigenvalue weighted by Gasteiger charge is -2.32.